The van der Waals surface area contributed by atoms with Gasteiger partial charge < -0.3 is 30.2 Å². The summed E-state index contributed by atoms with van der Waals surface area (Å²) in [4.78, 5) is 13.5. The fourth-order valence-corrected chi connectivity index (χ4v) is 4.22. The third-order valence-electron chi connectivity index (χ3n) is 6.02. The molecule has 0 aliphatic heterocycles. The monoisotopic (exact) mass is 459 g/mol. The number of fused-ring (bicyclic) bond motifs is 1. The molecule has 0 amide bonds. The molecular formula is C26H33N7O. The molecule has 0 saturated carbocycles. The number of hydrogen-bond acceptors (Lipinski definition) is 7. The van der Waals surface area contributed by atoms with E-state index < -0.39 is 0 Å². The summed E-state index contributed by atoms with van der Waals surface area (Å²) < 4.78 is 7.81. The van der Waals surface area contributed by atoms with E-state index in [4.69, 9.17) is 15.5 Å². The molecule has 0 fully saturated rings. The van der Waals surface area contributed by atoms with Crippen LogP contribution in [0.5, 0.6) is 5.75 Å². The Labute approximate surface area is 201 Å². The minimum atomic E-state index is 0.480. The Morgan fingerprint density at radius 1 is 1.12 bits per heavy atom. The minimum Gasteiger partial charge on any atom is -0.494 e. The quantitative estimate of drug-likeness (QED) is 0.381. The van der Waals surface area contributed by atoms with Crippen molar-refractivity contribution in [1.82, 2.24) is 19.4 Å². The van der Waals surface area contributed by atoms with Crippen molar-refractivity contribution in [2.45, 2.75) is 6.92 Å². The zero-order valence-corrected chi connectivity index (χ0v) is 20.8. The summed E-state index contributed by atoms with van der Waals surface area (Å²) in [5.74, 6) is 1.16. The zero-order valence-electron chi connectivity index (χ0n) is 20.8. The van der Waals surface area contributed by atoms with Crippen molar-refractivity contribution in [2.75, 3.05) is 57.3 Å². The zero-order chi connectivity index (χ0) is 24.4. The SMILES string of the molecule is COc1cc(N(C)CCN(C)C)c(N)cc1Nc1nccc(-c2cn(C)c3c(C)cccc23)n1. The molecule has 8 heteroatoms. The third kappa shape index (κ3) is 4.63. The molecule has 0 aliphatic rings. The molecule has 0 bridgehead atoms. The van der Waals surface area contributed by atoms with Crippen LogP contribution in [0, 0.1) is 6.92 Å². The number of nitrogens with two attached hydrogens (primary N) is 1. The molecule has 0 saturated heterocycles. The Morgan fingerprint density at radius 3 is 2.65 bits per heavy atom. The molecule has 34 heavy (non-hydrogen) atoms. The van der Waals surface area contributed by atoms with E-state index in [-0.39, 0.29) is 0 Å². The van der Waals surface area contributed by atoms with E-state index in [9.17, 15) is 0 Å². The number of anilines is 4. The standard InChI is InChI=1S/C26H33N7O/c1-17-8-7-9-18-19(16-33(5)25(17)18)21-10-11-28-26(29-21)30-22-14-20(27)23(15-24(22)34-6)32(4)13-12-31(2)3/h7-11,14-16H,12-13,27H2,1-6H3,(H,28,29,30). The largest absolute Gasteiger partial charge is 0.494 e. The molecule has 0 atom stereocenters. The third-order valence-corrected chi connectivity index (χ3v) is 6.02. The number of aromatic nitrogens is 3. The number of likely N-dealkylation sites (N-methyl/N-ethyl adjacent to an activating group) is 2. The maximum atomic E-state index is 6.41. The average Bonchev–Trinajstić information content (AvgIpc) is 3.15. The van der Waals surface area contributed by atoms with Crippen molar-refractivity contribution in [3.8, 4) is 17.0 Å². The molecule has 0 spiro atoms. The Balaban J connectivity index is 1.65. The number of nitrogen functional groups attached to an aromatic ring is 1. The highest BCUT2D eigenvalue weighted by molar-refractivity contribution is 5.97. The Morgan fingerprint density at radius 2 is 1.91 bits per heavy atom. The predicted molar refractivity (Wildman–Crippen MR) is 141 cm³/mol. The summed E-state index contributed by atoms with van der Waals surface area (Å²) in [6, 6.07) is 12.1. The second-order valence-electron chi connectivity index (χ2n) is 8.85. The van der Waals surface area contributed by atoms with Gasteiger partial charge in [-0.3, -0.25) is 0 Å². The highest BCUT2D eigenvalue weighted by Gasteiger charge is 2.15. The topological polar surface area (TPSA) is 84.5 Å². The number of aryl methyl sites for hydroxylation is 2. The number of hydrogen-bond donors (Lipinski definition) is 2. The summed E-state index contributed by atoms with van der Waals surface area (Å²) in [5, 5.41) is 4.46. The van der Waals surface area contributed by atoms with E-state index in [0.29, 0.717) is 17.4 Å². The van der Waals surface area contributed by atoms with E-state index in [1.807, 2.05) is 25.2 Å². The maximum Gasteiger partial charge on any atom is 0.227 e. The molecule has 2 aromatic carbocycles. The lowest BCUT2D eigenvalue weighted by Gasteiger charge is -2.24. The van der Waals surface area contributed by atoms with Gasteiger partial charge >= 0.3 is 0 Å². The molecule has 2 aromatic heterocycles. The van der Waals surface area contributed by atoms with Crippen LogP contribution < -0.4 is 20.7 Å². The first-order chi connectivity index (χ1) is 16.3. The van der Waals surface area contributed by atoms with E-state index in [1.54, 1.807) is 13.3 Å². The van der Waals surface area contributed by atoms with Crippen molar-refractivity contribution in [2.24, 2.45) is 7.05 Å². The van der Waals surface area contributed by atoms with E-state index in [2.05, 4.69) is 77.1 Å². The summed E-state index contributed by atoms with van der Waals surface area (Å²) in [7, 11) is 9.84. The Bertz CT molecular complexity index is 1310. The van der Waals surface area contributed by atoms with Gasteiger partial charge in [0.05, 0.1) is 35.4 Å². The van der Waals surface area contributed by atoms with Crippen LogP contribution in [-0.4, -0.2) is 60.8 Å². The van der Waals surface area contributed by atoms with E-state index >= 15 is 0 Å². The van der Waals surface area contributed by atoms with Gasteiger partial charge in [0.25, 0.3) is 0 Å². The highest BCUT2D eigenvalue weighted by Crippen LogP contribution is 2.37. The summed E-state index contributed by atoms with van der Waals surface area (Å²) >= 11 is 0. The smallest absolute Gasteiger partial charge is 0.227 e. The fourth-order valence-electron chi connectivity index (χ4n) is 4.22. The molecule has 0 aliphatic carbocycles. The van der Waals surface area contributed by atoms with Crippen LogP contribution in [0.2, 0.25) is 0 Å². The van der Waals surface area contributed by atoms with Gasteiger partial charge in [0.2, 0.25) is 5.95 Å². The lowest BCUT2D eigenvalue weighted by atomic mass is 10.1. The van der Waals surface area contributed by atoms with Gasteiger partial charge in [-0.2, -0.15) is 0 Å². The predicted octanol–water partition coefficient (Wildman–Crippen LogP) is 4.28. The van der Waals surface area contributed by atoms with Crippen LogP contribution in [0.3, 0.4) is 0 Å². The summed E-state index contributed by atoms with van der Waals surface area (Å²) in [6.07, 6.45) is 3.87. The fraction of sp³-hybridized carbons (Fsp3) is 0.308. The van der Waals surface area contributed by atoms with Gasteiger partial charge in [-0.1, -0.05) is 18.2 Å². The molecule has 0 unspecified atom stereocenters. The average molecular weight is 460 g/mol. The second kappa shape index (κ2) is 9.61. The van der Waals surface area contributed by atoms with Crippen molar-refractivity contribution >= 4 is 33.9 Å². The number of ether oxygens (including phenoxy) is 1. The first-order valence-corrected chi connectivity index (χ1v) is 11.3. The van der Waals surface area contributed by atoms with Gasteiger partial charge in [-0.25, -0.2) is 9.97 Å². The molecular weight excluding hydrogens is 426 g/mol. The lowest BCUT2D eigenvalue weighted by molar-refractivity contribution is 0.413. The second-order valence-corrected chi connectivity index (χ2v) is 8.85. The van der Waals surface area contributed by atoms with E-state index in [1.165, 1.54) is 16.5 Å². The van der Waals surface area contributed by atoms with Crippen LogP contribution in [0.1, 0.15) is 5.56 Å². The Kier molecular flexibility index (Phi) is 6.61. The van der Waals surface area contributed by atoms with Gasteiger partial charge in [-0.05, 0) is 38.7 Å². The van der Waals surface area contributed by atoms with Gasteiger partial charge in [-0.15, -0.1) is 0 Å². The molecule has 178 valence electrons. The number of benzene rings is 2. The molecule has 3 N–H and O–H groups in total. The highest BCUT2D eigenvalue weighted by atomic mass is 16.5. The van der Waals surface area contributed by atoms with Crippen molar-refractivity contribution < 1.29 is 4.74 Å². The lowest BCUT2D eigenvalue weighted by Crippen LogP contribution is -2.29. The molecule has 2 heterocycles. The van der Waals surface area contributed by atoms with Gasteiger partial charge in [0.15, 0.2) is 0 Å². The van der Waals surface area contributed by atoms with Crippen molar-refractivity contribution in [3.05, 3.63) is 54.4 Å². The van der Waals surface area contributed by atoms with Gasteiger partial charge in [0, 0.05) is 56.6 Å². The van der Waals surface area contributed by atoms with Crippen LogP contribution in [-0.2, 0) is 7.05 Å². The van der Waals surface area contributed by atoms with Crippen LogP contribution in [0.25, 0.3) is 22.2 Å². The number of para-hydroxylation sites is 1. The summed E-state index contributed by atoms with van der Waals surface area (Å²) in [5.41, 5.74) is 13.1. The van der Waals surface area contributed by atoms with E-state index in [0.717, 1.165) is 35.7 Å². The minimum absolute atomic E-state index is 0.480. The van der Waals surface area contributed by atoms with Crippen molar-refractivity contribution in [3.63, 3.8) is 0 Å². The number of rotatable bonds is 8. The molecule has 8 nitrogen and oxygen atoms in total. The van der Waals surface area contributed by atoms with Crippen LogP contribution >= 0.6 is 0 Å². The number of nitrogens with one attached hydrogen (secondary N) is 1. The number of methoxy groups -OCH3 is 1. The first kappa shape index (κ1) is 23.4. The normalized spacial score (nSPS) is 11.3. The Hall–Kier alpha value is -3.78. The molecule has 4 aromatic rings. The maximum absolute atomic E-state index is 6.41. The summed E-state index contributed by atoms with van der Waals surface area (Å²) in [6.45, 7) is 3.90. The molecule has 0 radical (unpaired) electrons. The molecule has 4 rings (SSSR count). The van der Waals surface area contributed by atoms with Crippen LogP contribution in [0.4, 0.5) is 23.0 Å². The van der Waals surface area contributed by atoms with Crippen molar-refractivity contribution in [1.29, 1.82) is 0 Å². The first-order valence-electron chi connectivity index (χ1n) is 11.3. The van der Waals surface area contributed by atoms with Gasteiger partial charge in [0.1, 0.15) is 5.75 Å². The van der Waals surface area contributed by atoms with Crippen LogP contribution in [0.15, 0.2) is 48.8 Å². The number of nitrogens with zero attached hydrogens (tertiary/aromatic N) is 5.